The van der Waals surface area contributed by atoms with Gasteiger partial charge in [0.1, 0.15) is 5.75 Å². The lowest BCUT2D eigenvalue weighted by Gasteiger charge is -2.41. The van der Waals surface area contributed by atoms with Crippen LogP contribution < -0.4 is 15.0 Å². The molecule has 9 heteroatoms. The second-order valence-electron chi connectivity index (χ2n) is 9.39. The molecule has 2 aromatic rings. The van der Waals surface area contributed by atoms with Gasteiger partial charge in [0.05, 0.1) is 4.90 Å². The van der Waals surface area contributed by atoms with Gasteiger partial charge in [-0.1, -0.05) is 0 Å². The number of sulfone groups is 1. The van der Waals surface area contributed by atoms with E-state index in [1.54, 1.807) is 26.0 Å². The zero-order valence-corrected chi connectivity index (χ0v) is 19.7. The van der Waals surface area contributed by atoms with Crippen LogP contribution in [0.4, 0.5) is 14.5 Å². The minimum Gasteiger partial charge on any atom is -0.478 e. The molecule has 2 heterocycles. The highest BCUT2D eigenvalue weighted by atomic mass is 32.2. The third kappa shape index (κ3) is 4.98. The molecule has 0 saturated carbocycles. The van der Waals surface area contributed by atoms with Crippen LogP contribution in [0.5, 0.6) is 5.75 Å². The van der Waals surface area contributed by atoms with Crippen molar-refractivity contribution in [2.24, 2.45) is 0 Å². The van der Waals surface area contributed by atoms with Crippen LogP contribution in [-0.4, -0.2) is 44.3 Å². The van der Waals surface area contributed by atoms with Gasteiger partial charge in [-0.05, 0) is 75.9 Å². The Morgan fingerprint density at radius 1 is 1.03 bits per heavy atom. The van der Waals surface area contributed by atoms with Crippen LogP contribution in [0.2, 0.25) is 0 Å². The summed E-state index contributed by atoms with van der Waals surface area (Å²) in [5, 5.41) is 3.07. The standard InChI is InChI=1S/C24H28F2N2O4S/c1-24(2,32-19-8-11-21(25)22(26)14-19)23(29)27-15-12-17-4-5-18(13-15)28(17)16-6-9-20(10-7-16)33(3,30)31/h6-11,14-15,17-18H,4-5,12-13H2,1-3H3,(H,27,29). The van der Waals surface area contributed by atoms with Gasteiger partial charge in [0, 0.05) is 36.1 Å². The molecule has 178 valence electrons. The highest BCUT2D eigenvalue weighted by Crippen LogP contribution is 2.39. The number of piperidine rings is 1. The maximum Gasteiger partial charge on any atom is 0.263 e. The first-order valence-corrected chi connectivity index (χ1v) is 12.9. The Hall–Kier alpha value is -2.68. The smallest absolute Gasteiger partial charge is 0.263 e. The molecule has 2 bridgehead atoms. The molecule has 6 nitrogen and oxygen atoms in total. The lowest BCUT2D eigenvalue weighted by molar-refractivity contribution is -0.135. The van der Waals surface area contributed by atoms with Crippen LogP contribution in [-0.2, 0) is 14.6 Å². The van der Waals surface area contributed by atoms with E-state index in [2.05, 4.69) is 10.2 Å². The first kappa shape index (κ1) is 23.5. The van der Waals surface area contributed by atoms with E-state index in [1.165, 1.54) is 12.3 Å². The van der Waals surface area contributed by atoms with Crippen molar-refractivity contribution < 1.29 is 26.7 Å². The summed E-state index contributed by atoms with van der Waals surface area (Å²) in [6.45, 7) is 3.19. The van der Waals surface area contributed by atoms with Crippen molar-refractivity contribution in [2.45, 2.75) is 68.2 Å². The molecular formula is C24H28F2N2O4S. The van der Waals surface area contributed by atoms with Crippen molar-refractivity contribution in [3.05, 3.63) is 54.1 Å². The van der Waals surface area contributed by atoms with Crippen molar-refractivity contribution >= 4 is 21.4 Å². The van der Waals surface area contributed by atoms with E-state index in [9.17, 15) is 22.0 Å². The number of carbonyl (C=O) groups excluding carboxylic acids is 1. The Kier molecular flexibility index (Phi) is 6.11. The molecule has 2 atom stereocenters. The fourth-order valence-electron chi connectivity index (χ4n) is 4.82. The number of fused-ring (bicyclic) bond motifs is 2. The van der Waals surface area contributed by atoms with Crippen LogP contribution in [0.15, 0.2) is 47.4 Å². The SMILES string of the molecule is CC(C)(Oc1ccc(F)c(F)c1)C(=O)NC1CC2CCC(C1)N2c1ccc(S(C)(=O)=O)cc1. The number of halogens is 2. The molecular weight excluding hydrogens is 450 g/mol. The Balaban J connectivity index is 1.40. The first-order valence-electron chi connectivity index (χ1n) is 11.0. The number of carbonyl (C=O) groups is 1. The summed E-state index contributed by atoms with van der Waals surface area (Å²) in [6.07, 6.45) is 4.71. The Morgan fingerprint density at radius 2 is 1.64 bits per heavy atom. The second-order valence-corrected chi connectivity index (χ2v) is 11.4. The third-order valence-corrected chi connectivity index (χ3v) is 7.57. The van der Waals surface area contributed by atoms with Crippen LogP contribution in [0, 0.1) is 11.6 Å². The van der Waals surface area contributed by atoms with E-state index < -0.39 is 27.1 Å². The molecule has 2 aliphatic heterocycles. The molecule has 0 spiro atoms. The van der Waals surface area contributed by atoms with Crippen LogP contribution in [0.3, 0.4) is 0 Å². The Morgan fingerprint density at radius 3 is 2.18 bits per heavy atom. The van der Waals surface area contributed by atoms with Gasteiger partial charge < -0.3 is 15.0 Å². The summed E-state index contributed by atoms with van der Waals surface area (Å²) >= 11 is 0. The van der Waals surface area contributed by atoms with Crippen LogP contribution >= 0.6 is 0 Å². The van der Waals surface area contributed by atoms with Gasteiger partial charge in [0.15, 0.2) is 27.1 Å². The van der Waals surface area contributed by atoms with Crippen LogP contribution in [0.1, 0.15) is 39.5 Å². The van der Waals surface area contributed by atoms with Crippen molar-refractivity contribution in [1.82, 2.24) is 5.32 Å². The highest BCUT2D eigenvalue weighted by Gasteiger charge is 2.42. The van der Waals surface area contributed by atoms with Gasteiger partial charge in [-0.15, -0.1) is 0 Å². The lowest BCUT2D eigenvalue weighted by atomic mass is 9.95. The van der Waals surface area contributed by atoms with Crippen molar-refractivity contribution in [3.8, 4) is 5.75 Å². The minimum absolute atomic E-state index is 0.0330. The predicted octanol–water partition coefficient (Wildman–Crippen LogP) is 3.84. The average Bonchev–Trinajstić information content (AvgIpc) is 3.00. The molecule has 2 aliphatic rings. The molecule has 1 amide bonds. The van der Waals surface area contributed by atoms with E-state index in [1.807, 2.05) is 12.1 Å². The highest BCUT2D eigenvalue weighted by molar-refractivity contribution is 7.90. The largest absolute Gasteiger partial charge is 0.478 e. The monoisotopic (exact) mass is 478 g/mol. The average molecular weight is 479 g/mol. The van der Waals surface area contributed by atoms with Gasteiger partial charge >= 0.3 is 0 Å². The molecule has 0 aliphatic carbocycles. The number of ether oxygens (including phenoxy) is 1. The number of amides is 1. The zero-order chi connectivity index (χ0) is 24.0. The van der Waals surface area contributed by atoms with E-state index in [0.717, 1.165) is 43.5 Å². The Labute approximate surface area is 192 Å². The summed E-state index contributed by atoms with van der Waals surface area (Å²) in [5.41, 5.74) is -0.274. The number of hydrogen-bond donors (Lipinski definition) is 1. The second kappa shape index (κ2) is 8.59. The first-order chi connectivity index (χ1) is 15.4. The molecule has 0 radical (unpaired) electrons. The molecule has 4 rings (SSSR count). The number of anilines is 1. The number of rotatable bonds is 6. The van der Waals surface area contributed by atoms with Crippen LogP contribution in [0.25, 0.3) is 0 Å². The van der Waals surface area contributed by atoms with E-state index in [-0.39, 0.29) is 29.8 Å². The van der Waals surface area contributed by atoms with Gasteiger partial charge in [-0.2, -0.15) is 0 Å². The van der Waals surface area contributed by atoms with Gasteiger partial charge in [0.25, 0.3) is 5.91 Å². The maximum absolute atomic E-state index is 13.5. The topological polar surface area (TPSA) is 75.7 Å². The number of nitrogens with one attached hydrogen (secondary N) is 1. The summed E-state index contributed by atoms with van der Waals surface area (Å²) < 4.78 is 55.8. The van der Waals surface area contributed by atoms with E-state index >= 15 is 0 Å². The quantitative estimate of drug-likeness (QED) is 0.683. The summed E-state index contributed by atoms with van der Waals surface area (Å²) in [6, 6.07) is 10.6. The van der Waals surface area contributed by atoms with Crippen molar-refractivity contribution in [1.29, 1.82) is 0 Å². The van der Waals surface area contributed by atoms with Gasteiger partial charge in [0.2, 0.25) is 0 Å². The fourth-order valence-corrected chi connectivity index (χ4v) is 5.45. The zero-order valence-electron chi connectivity index (χ0n) is 18.8. The summed E-state index contributed by atoms with van der Waals surface area (Å²) in [4.78, 5) is 15.6. The predicted molar refractivity (Wildman–Crippen MR) is 121 cm³/mol. The van der Waals surface area contributed by atoms with Gasteiger partial charge in [-0.25, -0.2) is 17.2 Å². The third-order valence-electron chi connectivity index (χ3n) is 6.44. The normalized spacial score (nSPS) is 22.8. The van der Waals surface area contributed by atoms with Crippen molar-refractivity contribution in [2.75, 3.05) is 11.2 Å². The molecule has 2 unspecified atom stereocenters. The summed E-state index contributed by atoms with van der Waals surface area (Å²) in [7, 11) is -3.24. The molecule has 33 heavy (non-hydrogen) atoms. The minimum atomic E-state index is -3.24. The molecule has 2 fully saturated rings. The van der Waals surface area contributed by atoms with Gasteiger partial charge in [-0.3, -0.25) is 4.79 Å². The Bertz CT molecular complexity index is 1140. The molecule has 2 saturated heterocycles. The molecule has 1 N–H and O–H groups in total. The fraction of sp³-hybridized carbons (Fsp3) is 0.458. The van der Waals surface area contributed by atoms with Crippen molar-refractivity contribution in [3.63, 3.8) is 0 Å². The lowest BCUT2D eigenvalue weighted by Crippen LogP contribution is -2.55. The number of nitrogens with zero attached hydrogens (tertiary/aromatic N) is 1. The molecule has 2 aromatic carbocycles. The number of benzene rings is 2. The van der Waals surface area contributed by atoms with E-state index in [4.69, 9.17) is 4.74 Å². The maximum atomic E-state index is 13.5. The summed E-state index contributed by atoms with van der Waals surface area (Å²) in [5.74, 6) is -2.24. The van der Waals surface area contributed by atoms with E-state index in [0.29, 0.717) is 4.90 Å². The molecule has 0 aromatic heterocycles. The number of hydrogen-bond acceptors (Lipinski definition) is 5.